The van der Waals surface area contributed by atoms with Crippen LogP contribution in [0.1, 0.15) is 75.7 Å². The number of nitrogen functional groups attached to an aromatic ring is 2. The number of anilines is 2. The van der Waals surface area contributed by atoms with Crippen molar-refractivity contribution in [2.45, 2.75) is 71.5 Å². The van der Waals surface area contributed by atoms with Crippen molar-refractivity contribution in [2.24, 2.45) is 0 Å². The molecule has 0 aliphatic heterocycles. The van der Waals surface area contributed by atoms with E-state index in [-0.39, 0.29) is 17.8 Å². The summed E-state index contributed by atoms with van der Waals surface area (Å²) in [6.07, 6.45) is 10.6. The Balaban J connectivity index is 1.40. The number of nitrogens with zero attached hydrogens (tertiary/aromatic N) is 8. The molecular formula is C37H38N10O2. The number of rotatable bonds is 6. The Kier molecular flexibility index (Phi) is 8.55. The third kappa shape index (κ3) is 7.36. The lowest BCUT2D eigenvalue weighted by molar-refractivity contribution is 0.143. The highest BCUT2D eigenvalue weighted by atomic mass is 16.3. The van der Waals surface area contributed by atoms with Crippen molar-refractivity contribution >= 4 is 33.7 Å². The van der Waals surface area contributed by atoms with E-state index >= 15 is 0 Å². The molecule has 0 fully saturated rings. The van der Waals surface area contributed by atoms with E-state index in [4.69, 9.17) is 11.5 Å². The van der Waals surface area contributed by atoms with E-state index in [9.17, 15) is 10.2 Å². The Morgan fingerprint density at radius 2 is 1.37 bits per heavy atom. The SMILES string of the molecule is CCc1cn(-c2cc(CC(C)c3cn(-c4ccnc(N)n4)c4cc(C#CC(C)(C)O)ncc34)nc(N)n2)c2cc(C#CC(C)(C)O)ncc12. The Morgan fingerprint density at radius 3 is 1.98 bits per heavy atom. The fourth-order valence-corrected chi connectivity index (χ4v) is 5.61. The summed E-state index contributed by atoms with van der Waals surface area (Å²) in [5.41, 5.74) is 15.6. The maximum Gasteiger partial charge on any atom is 0.222 e. The van der Waals surface area contributed by atoms with Crippen LogP contribution in [-0.2, 0) is 12.8 Å². The zero-order valence-corrected chi connectivity index (χ0v) is 28.3. The summed E-state index contributed by atoms with van der Waals surface area (Å²) in [4.78, 5) is 26.8. The van der Waals surface area contributed by atoms with E-state index in [2.05, 4.69) is 67.4 Å². The number of aryl methyl sites for hydroxylation is 1. The maximum absolute atomic E-state index is 10.1. The van der Waals surface area contributed by atoms with Crippen LogP contribution in [-0.4, -0.2) is 60.5 Å². The molecule has 0 aromatic carbocycles. The zero-order valence-electron chi connectivity index (χ0n) is 28.3. The van der Waals surface area contributed by atoms with Gasteiger partial charge in [-0.05, 0) is 87.6 Å². The van der Waals surface area contributed by atoms with Gasteiger partial charge in [0.15, 0.2) is 0 Å². The molecule has 0 aliphatic rings. The second-order valence-corrected chi connectivity index (χ2v) is 13.1. The molecule has 6 aromatic heterocycles. The molecular weight excluding hydrogens is 616 g/mol. The van der Waals surface area contributed by atoms with Crippen LogP contribution in [0.25, 0.3) is 33.4 Å². The lowest BCUT2D eigenvalue weighted by Gasteiger charge is -2.13. The van der Waals surface area contributed by atoms with Crippen LogP contribution in [0.5, 0.6) is 0 Å². The van der Waals surface area contributed by atoms with Gasteiger partial charge in [0.05, 0.1) is 11.0 Å². The second kappa shape index (κ2) is 12.7. The smallest absolute Gasteiger partial charge is 0.222 e. The van der Waals surface area contributed by atoms with E-state index in [0.717, 1.165) is 45.0 Å². The number of fused-ring (bicyclic) bond motifs is 2. The van der Waals surface area contributed by atoms with Crippen LogP contribution < -0.4 is 11.5 Å². The van der Waals surface area contributed by atoms with E-state index in [1.807, 2.05) is 45.9 Å². The minimum Gasteiger partial charge on any atom is -0.378 e. The minimum absolute atomic E-state index is 0.0271. The van der Waals surface area contributed by atoms with Crippen molar-refractivity contribution < 1.29 is 10.2 Å². The molecule has 248 valence electrons. The standard InChI is InChI=1S/C37H38N10O2/c1-7-23-20-46(30-15-24(41-18-27(23)30)8-11-36(3,4)48)33-17-26(43-35(39)45-33)14-22(2)29-21-47(32-10-13-40-34(38)44-32)31-16-25(42-19-28(29)31)9-12-37(5,6)49/h10,13,15-22,48-49H,7,14H2,1-6H3,(H2,38,40,44)(H2,39,43,45). The third-order valence-corrected chi connectivity index (χ3v) is 7.85. The highest BCUT2D eigenvalue weighted by molar-refractivity contribution is 5.87. The van der Waals surface area contributed by atoms with E-state index in [1.54, 1.807) is 46.2 Å². The second-order valence-electron chi connectivity index (χ2n) is 13.1. The van der Waals surface area contributed by atoms with E-state index in [0.29, 0.717) is 29.4 Å². The lowest BCUT2D eigenvalue weighted by Crippen LogP contribution is -2.14. The van der Waals surface area contributed by atoms with Crippen LogP contribution in [0.4, 0.5) is 11.9 Å². The molecule has 0 saturated carbocycles. The molecule has 1 atom stereocenters. The highest BCUT2D eigenvalue weighted by Crippen LogP contribution is 2.32. The summed E-state index contributed by atoms with van der Waals surface area (Å²) in [5.74, 6) is 13.1. The number of aliphatic hydroxyl groups is 2. The van der Waals surface area contributed by atoms with E-state index < -0.39 is 11.2 Å². The van der Waals surface area contributed by atoms with Crippen molar-refractivity contribution in [3.05, 3.63) is 83.5 Å². The van der Waals surface area contributed by atoms with Gasteiger partial charge in [-0.15, -0.1) is 0 Å². The van der Waals surface area contributed by atoms with Crippen molar-refractivity contribution in [1.29, 1.82) is 0 Å². The summed E-state index contributed by atoms with van der Waals surface area (Å²) >= 11 is 0. The van der Waals surface area contributed by atoms with Gasteiger partial charge in [0, 0.05) is 53.5 Å². The highest BCUT2D eigenvalue weighted by Gasteiger charge is 2.20. The van der Waals surface area contributed by atoms with Gasteiger partial charge in [-0.3, -0.25) is 0 Å². The summed E-state index contributed by atoms with van der Waals surface area (Å²) in [6.45, 7) is 10.7. The zero-order chi connectivity index (χ0) is 35.1. The van der Waals surface area contributed by atoms with Gasteiger partial charge in [-0.1, -0.05) is 25.7 Å². The largest absolute Gasteiger partial charge is 0.378 e. The Bertz CT molecular complexity index is 2340. The lowest BCUT2D eigenvalue weighted by atomic mass is 9.96. The van der Waals surface area contributed by atoms with Gasteiger partial charge in [0.25, 0.3) is 0 Å². The summed E-state index contributed by atoms with van der Waals surface area (Å²) < 4.78 is 3.93. The number of nitrogens with two attached hydrogens (primary N) is 2. The predicted octanol–water partition coefficient (Wildman–Crippen LogP) is 4.26. The average Bonchev–Trinajstić information content (AvgIpc) is 3.60. The predicted molar refractivity (Wildman–Crippen MR) is 190 cm³/mol. The first-order valence-electron chi connectivity index (χ1n) is 15.9. The molecule has 0 spiro atoms. The molecule has 12 nitrogen and oxygen atoms in total. The van der Waals surface area contributed by atoms with Gasteiger partial charge >= 0.3 is 0 Å². The molecule has 0 aliphatic carbocycles. The first-order chi connectivity index (χ1) is 23.2. The molecule has 12 heteroatoms. The molecule has 0 radical (unpaired) electrons. The molecule has 6 rings (SSSR count). The van der Waals surface area contributed by atoms with Crippen LogP contribution in [0.3, 0.4) is 0 Å². The topological polar surface area (TPSA) is 180 Å². The van der Waals surface area contributed by atoms with E-state index in [1.165, 1.54) is 0 Å². The molecule has 6 N–H and O–H groups in total. The summed E-state index contributed by atoms with van der Waals surface area (Å²) in [7, 11) is 0. The fourth-order valence-electron chi connectivity index (χ4n) is 5.61. The monoisotopic (exact) mass is 654 g/mol. The van der Waals surface area contributed by atoms with Crippen molar-refractivity contribution in [3.63, 3.8) is 0 Å². The number of hydrogen-bond donors (Lipinski definition) is 4. The first kappa shape index (κ1) is 33.1. The number of pyridine rings is 2. The van der Waals surface area contributed by atoms with Crippen molar-refractivity contribution in [1.82, 2.24) is 39.0 Å². The molecule has 1 unspecified atom stereocenters. The first-order valence-corrected chi connectivity index (χ1v) is 15.9. The van der Waals surface area contributed by atoms with Gasteiger partial charge in [-0.25, -0.2) is 19.9 Å². The minimum atomic E-state index is -1.16. The van der Waals surface area contributed by atoms with Crippen LogP contribution >= 0.6 is 0 Å². The summed E-state index contributed by atoms with van der Waals surface area (Å²) in [5, 5.41) is 22.1. The van der Waals surface area contributed by atoms with Gasteiger partial charge in [0.2, 0.25) is 11.9 Å². The summed E-state index contributed by atoms with van der Waals surface area (Å²) in [6, 6.07) is 7.51. The van der Waals surface area contributed by atoms with Crippen molar-refractivity contribution in [3.8, 4) is 35.3 Å². The fraction of sp³-hybridized carbons (Fsp3) is 0.297. The Hall–Kier alpha value is -5.82. The van der Waals surface area contributed by atoms with Gasteiger partial charge < -0.3 is 30.8 Å². The normalized spacial score (nSPS) is 12.4. The van der Waals surface area contributed by atoms with Gasteiger partial charge in [-0.2, -0.15) is 9.97 Å². The molecule has 0 bridgehead atoms. The van der Waals surface area contributed by atoms with Gasteiger partial charge in [0.1, 0.15) is 34.2 Å². The third-order valence-electron chi connectivity index (χ3n) is 7.85. The molecule has 0 amide bonds. The number of aromatic nitrogens is 8. The van der Waals surface area contributed by atoms with Crippen molar-refractivity contribution in [2.75, 3.05) is 11.5 Å². The van der Waals surface area contributed by atoms with Crippen LogP contribution in [0.2, 0.25) is 0 Å². The molecule has 0 saturated heterocycles. The quantitative estimate of drug-likeness (QED) is 0.190. The molecule has 6 aromatic rings. The average molecular weight is 655 g/mol. The van der Waals surface area contributed by atoms with Crippen LogP contribution in [0, 0.1) is 23.7 Å². The maximum atomic E-state index is 10.1. The number of hydrogen-bond acceptors (Lipinski definition) is 10. The molecule has 6 heterocycles. The Morgan fingerprint density at radius 1 is 0.776 bits per heavy atom. The Labute approximate surface area is 284 Å². The molecule has 49 heavy (non-hydrogen) atoms. The van der Waals surface area contributed by atoms with Crippen LogP contribution in [0.15, 0.2) is 55.2 Å².